The van der Waals surface area contributed by atoms with Crippen molar-refractivity contribution in [3.63, 3.8) is 0 Å². The van der Waals surface area contributed by atoms with Gasteiger partial charge in [0.15, 0.2) is 0 Å². The van der Waals surface area contributed by atoms with Gasteiger partial charge in [-0.15, -0.1) is 0 Å². The fourth-order valence-corrected chi connectivity index (χ4v) is 5.96. The van der Waals surface area contributed by atoms with Gasteiger partial charge < -0.3 is 9.47 Å². The lowest BCUT2D eigenvalue weighted by atomic mass is 9.77. The Balaban J connectivity index is 1.56. The Morgan fingerprint density at radius 2 is 1.53 bits per heavy atom. The summed E-state index contributed by atoms with van der Waals surface area (Å²) >= 11 is 12.7. The average Bonchev–Trinajstić information content (AvgIpc) is 3.45. The SMILES string of the molecule is COc1cccc(N2C(=O)[C@H]3[C@@H](c4cccc(Cl)c4Cl)OC4(C(=O)c5ccccc5C4=O)[C@@H]3C2=O)c1. The van der Waals surface area contributed by atoms with Crippen molar-refractivity contribution in [2.75, 3.05) is 12.0 Å². The van der Waals surface area contributed by atoms with Crippen LogP contribution in [0.3, 0.4) is 0 Å². The number of anilines is 1. The lowest BCUT2D eigenvalue weighted by molar-refractivity contribution is -0.127. The molecule has 6 rings (SSSR count). The molecule has 0 saturated carbocycles. The molecule has 180 valence electrons. The van der Waals surface area contributed by atoms with E-state index in [0.29, 0.717) is 11.3 Å². The fraction of sp³-hybridized carbons (Fsp3) is 0.185. The number of carbonyl (C=O) groups is 4. The van der Waals surface area contributed by atoms with Gasteiger partial charge >= 0.3 is 0 Å². The van der Waals surface area contributed by atoms with E-state index in [4.69, 9.17) is 32.7 Å². The highest BCUT2D eigenvalue weighted by molar-refractivity contribution is 6.42. The monoisotopic (exact) mass is 521 g/mol. The van der Waals surface area contributed by atoms with Crippen molar-refractivity contribution in [3.8, 4) is 5.75 Å². The average molecular weight is 522 g/mol. The number of carbonyl (C=O) groups excluding carboxylic acids is 4. The Morgan fingerprint density at radius 3 is 2.19 bits per heavy atom. The Morgan fingerprint density at radius 1 is 0.861 bits per heavy atom. The summed E-state index contributed by atoms with van der Waals surface area (Å²) in [7, 11) is 1.47. The number of ketones is 2. The second kappa shape index (κ2) is 8.00. The van der Waals surface area contributed by atoms with E-state index in [1.165, 1.54) is 19.2 Å². The van der Waals surface area contributed by atoms with Crippen molar-refractivity contribution in [2.45, 2.75) is 11.7 Å². The first-order valence-corrected chi connectivity index (χ1v) is 11.9. The number of halogens is 2. The molecule has 9 heteroatoms. The van der Waals surface area contributed by atoms with E-state index in [2.05, 4.69) is 0 Å². The van der Waals surface area contributed by atoms with E-state index in [1.54, 1.807) is 54.6 Å². The van der Waals surface area contributed by atoms with E-state index in [-0.39, 0.29) is 26.9 Å². The predicted molar refractivity (Wildman–Crippen MR) is 131 cm³/mol. The summed E-state index contributed by atoms with van der Waals surface area (Å²) in [5.74, 6) is -4.72. The van der Waals surface area contributed by atoms with Crippen LogP contribution in [0.5, 0.6) is 5.75 Å². The smallest absolute Gasteiger partial charge is 0.241 e. The van der Waals surface area contributed by atoms with Gasteiger partial charge in [0.05, 0.1) is 40.8 Å². The van der Waals surface area contributed by atoms with Crippen LogP contribution in [0.2, 0.25) is 10.0 Å². The maximum Gasteiger partial charge on any atom is 0.241 e. The van der Waals surface area contributed by atoms with Gasteiger partial charge in [-0.05, 0) is 18.2 Å². The molecular formula is C27H17Cl2NO6. The van der Waals surface area contributed by atoms with Gasteiger partial charge in [0.1, 0.15) is 5.75 Å². The Hall–Kier alpha value is -3.52. The second-order valence-corrected chi connectivity index (χ2v) is 9.62. The van der Waals surface area contributed by atoms with Crippen LogP contribution in [0.25, 0.3) is 0 Å². The lowest BCUT2D eigenvalue weighted by Crippen LogP contribution is -2.51. The number of amides is 2. The molecule has 1 aliphatic carbocycles. The summed E-state index contributed by atoms with van der Waals surface area (Å²) in [5, 5.41) is 0.333. The zero-order chi connectivity index (χ0) is 25.4. The van der Waals surface area contributed by atoms with Gasteiger partial charge in [0.25, 0.3) is 0 Å². The first kappa shape index (κ1) is 22.9. The molecule has 0 bridgehead atoms. The first-order chi connectivity index (χ1) is 17.3. The topological polar surface area (TPSA) is 90.0 Å². The molecule has 36 heavy (non-hydrogen) atoms. The fourth-order valence-electron chi connectivity index (χ4n) is 5.54. The minimum atomic E-state index is -2.19. The van der Waals surface area contributed by atoms with Crippen LogP contribution in [0.4, 0.5) is 5.69 Å². The minimum absolute atomic E-state index is 0.121. The van der Waals surface area contributed by atoms with Gasteiger partial charge in [-0.25, -0.2) is 4.90 Å². The molecule has 2 fully saturated rings. The summed E-state index contributed by atoms with van der Waals surface area (Å²) < 4.78 is 11.5. The van der Waals surface area contributed by atoms with E-state index < -0.39 is 46.9 Å². The highest BCUT2D eigenvalue weighted by atomic mass is 35.5. The molecule has 2 saturated heterocycles. The van der Waals surface area contributed by atoms with Crippen molar-refractivity contribution in [2.24, 2.45) is 11.8 Å². The molecule has 3 aromatic carbocycles. The maximum atomic E-state index is 14.0. The third-order valence-corrected chi connectivity index (χ3v) is 7.95. The second-order valence-electron chi connectivity index (χ2n) is 8.84. The summed E-state index contributed by atoms with van der Waals surface area (Å²) in [6.45, 7) is 0. The van der Waals surface area contributed by atoms with Crippen molar-refractivity contribution in [1.82, 2.24) is 0 Å². The standard InChI is InChI=1S/C27H17Cl2NO6/c1-35-14-7-4-6-13(12-14)30-25(33)19-20(26(30)34)27(23(31)15-8-2-3-9-16(15)24(27)32)36-22(19)17-10-5-11-18(28)21(17)29/h2-12,19-20,22H,1H3/t19-,20+,22-/m1/s1. The van der Waals surface area contributed by atoms with E-state index in [0.717, 1.165) is 4.90 Å². The highest BCUT2D eigenvalue weighted by Crippen LogP contribution is 2.58. The molecule has 3 aliphatic rings. The molecule has 3 atom stereocenters. The van der Waals surface area contributed by atoms with Crippen LogP contribution in [-0.4, -0.2) is 36.1 Å². The van der Waals surface area contributed by atoms with Gasteiger partial charge in [-0.1, -0.05) is 65.7 Å². The molecule has 0 radical (unpaired) electrons. The summed E-state index contributed by atoms with van der Waals surface area (Å²) in [6, 6.07) is 17.5. The van der Waals surface area contributed by atoms with E-state index in [9.17, 15) is 19.2 Å². The highest BCUT2D eigenvalue weighted by Gasteiger charge is 2.75. The quantitative estimate of drug-likeness (QED) is 0.366. The number of fused-ring (bicyclic) bond motifs is 3. The third kappa shape index (κ3) is 2.85. The van der Waals surface area contributed by atoms with Gasteiger partial charge in [0, 0.05) is 22.8 Å². The Kier molecular flexibility index (Phi) is 5.09. The predicted octanol–water partition coefficient (Wildman–Crippen LogP) is 4.70. The van der Waals surface area contributed by atoms with Crippen LogP contribution in [0.15, 0.2) is 66.7 Å². The molecule has 3 aromatic rings. The maximum absolute atomic E-state index is 14.0. The largest absolute Gasteiger partial charge is 0.497 e. The number of rotatable bonds is 3. The summed E-state index contributed by atoms with van der Waals surface area (Å²) in [6.07, 6.45) is -1.16. The number of imide groups is 1. The molecule has 0 aromatic heterocycles. The molecular weight excluding hydrogens is 505 g/mol. The normalized spacial score (nSPS) is 24.0. The van der Waals surface area contributed by atoms with Crippen molar-refractivity contribution >= 4 is 52.3 Å². The zero-order valence-corrected chi connectivity index (χ0v) is 20.2. The number of Topliss-reactive ketones (excluding diaryl/α,β-unsaturated/α-hetero) is 2. The Bertz CT molecular complexity index is 1470. The number of benzene rings is 3. The third-order valence-electron chi connectivity index (χ3n) is 7.12. The first-order valence-electron chi connectivity index (χ1n) is 11.1. The van der Waals surface area contributed by atoms with Crippen molar-refractivity contribution in [1.29, 1.82) is 0 Å². The van der Waals surface area contributed by atoms with Crippen LogP contribution in [0.1, 0.15) is 32.4 Å². The number of hydrogen-bond donors (Lipinski definition) is 0. The van der Waals surface area contributed by atoms with Gasteiger partial charge in [0.2, 0.25) is 29.0 Å². The van der Waals surface area contributed by atoms with E-state index >= 15 is 0 Å². The van der Waals surface area contributed by atoms with Crippen molar-refractivity contribution < 1.29 is 28.7 Å². The summed E-state index contributed by atoms with van der Waals surface area (Å²) in [4.78, 5) is 56.4. The molecule has 2 amide bonds. The molecule has 2 aliphatic heterocycles. The minimum Gasteiger partial charge on any atom is -0.497 e. The molecule has 1 spiro atoms. The number of ether oxygens (including phenoxy) is 2. The van der Waals surface area contributed by atoms with Crippen molar-refractivity contribution in [3.05, 3.63) is 93.5 Å². The van der Waals surface area contributed by atoms with Gasteiger partial charge in [-0.3, -0.25) is 19.2 Å². The lowest BCUT2D eigenvalue weighted by Gasteiger charge is -2.27. The molecule has 2 heterocycles. The Labute approximate surface area is 215 Å². The number of nitrogens with zero attached hydrogens (tertiary/aromatic N) is 1. The van der Waals surface area contributed by atoms with E-state index in [1.807, 2.05) is 0 Å². The zero-order valence-electron chi connectivity index (χ0n) is 18.7. The molecule has 7 nitrogen and oxygen atoms in total. The molecule has 0 N–H and O–H groups in total. The number of hydrogen-bond acceptors (Lipinski definition) is 6. The van der Waals surface area contributed by atoms with Crippen LogP contribution in [0, 0.1) is 11.8 Å². The van der Waals surface area contributed by atoms with Gasteiger partial charge in [-0.2, -0.15) is 0 Å². The molecule has 0 unspecified atom stereocenters. The summed E-state index contributed by atoms with van der Waals surface area (Å²) in [5.41, 5.74) is -1.30. The van der Waals surface area contributed by atoms with Crippen LogP contribution < -0.4 is 9.64 Å². The number of methoxy groups -OCH3 is 1. The van der Waals surface area contributed by atoms with Crippen LogP contribution in [-0.2, 0) is 14.3 Å². The van der Waals surface area contributed by atoms with Crippen LogP contribution >= 0.6 is 23.2 Å².